The van der Waals surface area contributed by atoms with Gasteiger partial charge in [0.2, 0.25) is 5.91 Å². The molecular formula is C20H16ClN3O2. The topological polar surface area (TPSA) is 78.1 Å². The van der Waals surface area contributed by atoms with Crippen LogP contribution in [0.1, 0.15) is 11.3 Å². The maximum absolute atomic E-state index is 12.0. The zero-order valence-corrected chi connectivity index (χ0v) is 14.6. The average molecular weight is 366 g/mol. The zero-order chi connectivity index (χ0) is 18.4. The van der Waals surface area contributed by atoms with Crippen LogP contribution in [-0.2, 0) is 11.3 Å². The summed E-state index contributed by atoms with van der Waals surface area (Å²) in [5.74, 6) is 1.21. The van der Waals surface area contributed by atoms with E-state index >= 15 is 0 Å². The third kappa shape index (κ3) is 4.65. The number of nitrogens with zero attached hydrogens (tertiary/aromatic N) is 1. The minimum atomic E-state index is -0.170. The molecule has 0 fully saturated rings. The number of hydrogen-bond donors (Lipinski definition) is 2. The van der Waals surface area contributed by atoms with Crippen LogP contribution in [0.2, 0.25) is 5.02 Å². The summed E-state index contributed by atoms with van der Waals surface area (Å²) in [5, 5.41) is 15.3. The van der Waals surface area contributed by atoms with Gasteiger partial charge in [-0.05, 0) is 54.6 Å². The van der Waals surface area contributed by atoms with Crippen LogP contribution in [-0.4, -0.2) is 12.5 Å². The number of benzene rings is 2. The first-order valence-corrected chi connectivity index (χ1v) is 8.37. The van der Waals surface area contributed by atoms with Crippen LogP contribution in [0.25, 0.3) is 11.3 Å². The largest absolute Gasteiger partial charge is 0.459 e. The molecule has 0 aliphatic carbocycles. The van der Waals surface area contributed by atoms with Gasteiger partial charge in [0.05, 0.1) is 24.7 Å². The van der Waals surface area contributed by atoms with Crippen molar-refractivity contribution in [1.29, 1.82) is 5.26 Å². The molecular weight excluding hydrogens is 350 g/mol. The lowest BCUT2D eigenvalue weighted by molar-refractivity contribution is -0.119. The summed E-state index contributed by atoms with van der Waals surface area (Å²) in [6, 6.07) is 20.1. The van der Waals surface area contributed by atoms with E-state index < -0.39 is 0 Å². The summed E-state index contributed by atoms with van der Waals surface area (Å²) < 4.78 is 5.74. The van der Waals surface area contributed by atoms with Crippen molar-refractivity contribution >= 4 is 23.2 Å². The molecule has 0 bridgehead atoms. The third-order valence-electron chi connectivity index (χ3n) is 3.69. The second-order valence-electron chi connectivity index (χ2n) is 5.60. The molecule has 2 N–H and O–H groups in total. The van der Waals surface area contributed by atoms with Gasteiger partial charge in [0.15, 0.2) is 0 Å². The predicted molar refractivity (Wildman–Crippen MR) is 101 cm³/mol. The Morgan fingerprint density at radius 1 is 1.12 bits per heavy atom. The van der Waals surface area contributed by atoms with Gasteiger partial charge >= 0.3 is 0 Å². The average Bonchev–Trinajstić information content (AvgIpc) is 3.14. The monoisotopic (exact) mass is 365 g/mol. The Morgan fingerprint density at radius 2 is 1.92 bits per heavy atom. The summed E-state index contributed by atoms with van der Waals surface area (Å²) >= 11 is 5.88. The molecule has 5 nitrogen and oxygen atoms in total. The smallest absolute Gasteiger partial charge is 0.239 e. The van der Waals surface area contributed by atoms with E-state index in [2.05, 4.69) is 16.7 Å². The van der Waals surface area contributed by atoms with Crippen LogP contribution in [0, 0.1) is 11.3 Å². The van der Waals surface area contributed by atoms with Crippen LogP contribution in [0.3, 0.4) is 0 Å². The first kappa shape index (κ1) is 17.6. The SMILES string of the molecule is N#Cc1cccc(NCC(=O)NCc2ccc(-c3ccc(Cl)cc3)o2)c1. The summed E-state index contributed by atoms with van der Waals surface area (Å²) in [4.78, 5) is 12.0. The Kier molecular flexibility index (Phi) is 5.57. The molecule has 0 aliphatic heterocycles. The van der Waals surface area contributed by atoms with Crippen LogP contribution < -0.4 is 10.6 Å². The van der Waals surface area contributed by atoms with Gasteiger partial charge in [0, 0.05) is 16.3 Å². The Morgan fingerprint density at radius 3 is 2.69 bits per heavy atom. The second-order valence-corrected chi connectivity index (χ2v) is 6.03. The Balaban J connectivity index is 1.50. The van der Waals surface area contributed by atoms with Gasteiger partial charge in [-0.3, -0.25) is 4.79 Å². The number of carbonyl (C=O) groups is 1. The molecule has 3 rings (SSSR count). The van der Waals surface area contributed by atoms with E-state index in [-0.39, 0.29) is 12.5 Å². The van der Waals surface area contributed by atoms with E-state index in [4.69, 9.17) is 21.3 Å². The number of furan rings is 1. The van der Waals surface area contributed by atoms with Gasteiger partial charge in [-0.15, -0.1) is 0 Å². The molecule has 0 saturated carbocycles. The molecule has 0 unspecified atom stereocenters. The lowest BCUT2D eigenvalue weighted by Gasteiger charge is -2.07. The van der Waals surface area contributed by atoms with E-state index in [0.29, 0.717) is 22.9 Å². The number of halogens is 1. The summed E-state index contributed by atoms with van der Waals surface area (Å²) in [6.07, 6.45) is 0. The fourth-order valence-corrected chi connectivity index (χ4v) is 2.50. The number of rotatable bonds is 6. The highest BCUT2D eigenvalue weighted by molar-refractivity contribution is 6.30. The number of nitrogens with one attached hydrogen (secondary N) is 2. The predicted octanol–water partition coefficient (Wildman–Crippen LogP) is 4.20. The summed E-state index contributed by atoms with van der Waals surface area (Å²) in [6.45, 7) is 0.409. The molecule has 0 atom stereocenters. The molecule has 1 aromatic heterocycles. The number of anilines is 1. The van der Waals surface area contributed by atoms with Crippen LogP contribution in [0.4, 0.5) is 5.69 Å². The van der Waals surface area contributed by atoms with Crippen molar-refractivity contribution in [3.8, 4) is 17.4 Å². The van der Waals surface area contributed by atoms with Crippen LogP contribution >= 0.6 is 11.6 Å². The Bertz CT molecular complexity index is 942. The minimum absolute atomic E-state index is 0.111. The first-order chi connectivity index (χ1) is 12.6. The number of hydrogen-bond acceptors (Lipinski definition) is 4. The summed E-state index contributed by atoms with van der Waals surface area (Å²) in [5.41, 5.74) is 2.19. The number of nitriles is 1. The highest BCUT2D eigenvalue weighted by atomic mass is 35.5. The molecule has 6 heteroatoms. The van der Waals surface area contributed by atoms with Gasteiger partial charge in [-0.2, -0.15) is 5.26 Å². The fraction of sp³-hybridized carbons (Fsp3) is 0.100. The summed E-state index contributed by atoms with van der Waals surface area (Å²) in [7, 11) is 0. The van der Waals surface area contributed by atoms with Crippen molar-refractivity contribution in [2.45, 2.75) is 6.54 Å². The highest BCUT2D eigenvalue weighted by Crippen LogP contribution is 2.23. The van der Waals surface area contributed by atoms with Gasteiger partial charge in [0.1, 0.15) is 11.5 Å². The first-order valence-electron chi connectivity index (χ1n) is 7.99. The lowest BCUT2D eigenvalue weighted by atomic mass is 10.2. The fourth-order valence-electron chi connectivity index (χ4n) is 2.37. The molecule has 130 valence electrons. The van der Waals surface area contributed by atoms with E-state index in [1.54, 1.807) is 36.4 Å². The van der Waals surface area contributed by atoms with E-state index in [9.17, 15) is 4.79 Å². The van der Waals surface area contributed by atoms with Crippen LogP contribution in [0.15, 0.2) is 65.1 Å². The van der Waals surface area contributed by atoms with Crippen molar-refractivity contribution < 1.29 is 9.21 Å². The van der Waals surface area contributed by atoms with E-state index in [0.717, 1.165) is 17.0 Å². The van der Waals surface area contributed by atoms with Crippen molar-refractivity contribution in [2.24, 2.45) is 0 Å². The molecule has 0 spiro atoms. The van der Waals surface area contributed by atoms with Crippen molar-refractivity contribution in [3.05, 3.63) is 77.0 Å². The standard InChI is InChI=1S/C20H16ClN3O2/c21-16-6-4-15(5-7-16)19-9-8-18(26-19)12-24-20(25)13-23-17-3-1-2-14(10-17)11-22/h1-10,23H,12-13H2,(H,24,25). The van der Waals surface area contributed by atoms with Crippen LogP contribution in [0.5, 0.6) is 0 Å². The maximum Gasteiger partial charge on any atom is 0.239 e. The highest BCUT2D eigenvalue weighted by Gasteiger charge is 2.07. The Labute approximate surface area is 156 Å². The maximum atomic E-state index is 12.0. The molecule has 1 heterocycles. The third-order valence-corrected chi connectivity index (χ3v) is 3.95. The molecule has 0 radical (unpaired) electrons. The van der Waals surface area contributed by atoms with Crippen molar-refractivity contribution in [1.82, 2.24) is 5.32 Å². The number of carbonyl (C=O) groups excluding carboxylic acids is 1. The van der Waals surface area contributed by atoms with Gasteiger partial charge in [-0.1, -0.05) is 17.7 Å². The minimum Gasteiger partial charge on any atom is -0.459 e. The van der Waals surface area contributed by atoms with Gasteiger partial charge in [0.25, 0.3) is 0 Å². The molecule has 2 aromatic carbocycles. The zero-order valence-electron chi connectivity index (χ0n) is 13.8. The van der Waals surface area contributed by atoms with Gasteiger partial charge < -0.3 is 15.1 Å². The molecule has 0 aliphatic rings. The van der Waals surface area contributed by atoms with Crippen molar-refractivity contribution in [3.63, 3.8) is 0 Å². The number of amides is 1. The van der Waals surface area contributed by atoms with Gasteiger partial charge in [-0.25, -0.2) is 0 Å². The normalized spacial score (nSPS) is 10.2. The molecule has 0 saturated heterocycles. The molecule has 1 amide bonds. The Hall–Kier alpha value is -3.23. The van der Waals surface area contributed by atoms with E-state index in [1.807, 2.05) is 24.3 Å². The quantitative estimate of drug-likeness (QED) is 0.686. The second kappa shape index (κ2) is 8.24. The molecule has 26 heavy (non-hydrogen) atoms. The van der Waals surface area contributed by atoms with E-state index in [1.165, 1.54) is 0 Å². The van der Waals surface area contributed by atoms with Crippen molar-refractivity contribution in [2.75, 3.05) is 11.9 Å². The lowest BCUT2D eigenvalue weighted by Crippen LogP contribution is -2.29. The molecule has 3 aromatic rings.